The van der Waals surface area contributed by atoms with Crippen molar-refractivity contribution in [1.82, 2.24) is 10.2 Å². The number of amides is 1. The van der Waals surface area contributed by atoms with E-state index in [-0.39, 0.29) is 24.7 Å². The normalized spacial score (nSPS) is 21.4. The Balaban J connectivity index is 2.02. The summed E-state index contributed by atoms with van der Waals surface area (Å²) >= 11 is 0. The van der Waals surface area contributed by atoms with E-state index in [0.29, 0.717) is 19.8 Å². The van der Waals surface area contributed by atoms with E-state index in [0.717, 1.165) is 13.0 Å². The number of hydrogen-bond acceptors (Lipinski definition) is 5. The molecule has 0 aromatic rings. The molecular formula is C13H26N2O4. The van der Waals surface area contributed by atoms with Crippen LogP contribution in [0.25, 0.3) is 0 Å². The van der Waals surface area contributed by atoms with Crippen molar-refractivity contribution in [3.05, 3.63) is 0 Å². The van der Waals surface area contributed by atoms with Crippen LogP contribution in [0.1, 0.15) is 20.3 Å². The molecule has 1 fully saturated rings. The maximum atomic E-state index is 11.6. The number of likely N-dealkylation sites (tertiary alicyclic amines) is 1. The number of nitrogens with one attached hydrogen (secondary N) is 1. The molecule has 19 heavy (non-hydrogen) atoms. The molecule has 0 saturated carbocycles. The molecule has 112 valence electrons. The highest BCUT2D eigenvalue weighted by Crippen LogP contribution is 2.08. The Morgan fingerprint density at radius 1 is 1.47 bits per heavy atom. The molecule has 1 aliphatic rings. The molecule has 0 aromatic heterocycles. The number of carbonyl (C=O) groups is 1. The minimum Gasteiger partial charge on any atom is -0.389 e. The molecule has 2 unspecified atom stereocenters. The molecule has 2 atom stereocenters. The summed E-state index contributed by atoms with van der Waals surface area (Å²) in [5, 5.41) is 12.8. The zero-order valence-corrected chi connectivity index (χ0v) is 12.1. The Bertz CT molecular complexity index is 273. The second-order valence-electron chi connectivity index (χ2n) is 5.16. The van der Waals surface area contributed by atoms with E-state index in [2.05, 4.69) is 5.32 Å². The third-order valence-corrected chi connectivity index (χ3v) is 3.02. The first-order chi connectivity index (χ1) is 9.00. The zero-order valence-electron chi connectivity index (χ0n) is 12.1. The lowest BCUT2D eigenvalue weighted by molar-refractivity contribution is -0.128. The molecule has 1 heterocycles. The lowest BCUT2D eigenvalue weighted by Gasteiger charge is -2.16. The highest BCUT2D eigenvalue weighted by Gasteiger charge is 2.28. The molecule has 2 N–H and O–H groups in total. The third kappa shape index (κ3) is 6.33. The predicted octanol–water partition coefficient (Wildman–Crippen LogP) is -0.391. The number of hydrogen-bond donors (Lipinski definition) is 2. The van der Waals surface area contributed by atoms with Gasteiger partial charge >= 0.3 is 0 Å². The van der Waals surface area contributed by atoms with Gasteiger partial charge in [0.25, 0.3) is 0 Å². The number of ether oxygens (including phenoxy) is 2. The first kappa shape index (κ1) is 16.4. The summed E-state index contributed by atoms with van der Waals surface area (Å²) in [5.74, 6) is 0.0958. The van der Waals surface area contributed by atoms with Crippen molar-refractivity contribution in [2.45, 2.75) is 38.5 Å². The number of aliphatic hydroxyl groups is 1. The summed E-state index contributed by atoms with van der Waals surface area (Å²) in [6.45, 7) is 6.34. The lowest BCUT2D eigenvalue weighted by Crippen LogP contribution is -2.41. The molecule has 1 aliphatic heterocycles. The molecule has 0 aromatic carbocycles. The number of nitrogens with zero attached hydrogens (tertiary/aromatic N) is 1. The molecule has 0 aliphatic carbocycles. The highest BCUT2D eigenvalue weighted by atomic mass is 16.5. The standard InChI is InChI=1S/C13H26N2O4/c1-10(2)19-7-6-18-9-11(16)8-14-12-4-5-15(3)13(12)17/h10-12,14,16H,4-9H2,1-3H3. The molecule has 0 bridgehead atoms. The van der Waals surface area contributed by atoms with Crippen LogP contribution >= 0.6 is 0 Å². The van der Waals surface area contributed by atoms with Gasteiger partial charge in [-0.25, -0.2) is 0 Å². The van der Waals surface area contributed by atoms with Gasteiger partial charge in [0.05, 0.1) is 38.1 Å². The van der Waals surface area contributed by atoms with Crippen LogP contribution in [-0.2, 0) is 14.3 Å². The van der Waals surface area contributed by atoms with Crippen molar-refractivity contribution in [2.75, 3.05) is 40.0 Å². The lowest BCUT2D eigenvalue weighted by atomic mass is 10.2. The van der Waals surface area contributed by atoms with E-state index < -0.39 is 6.10 Å². The van der Waals surface area contributed by atoms with Crippen LogP contribution in [0, 0.1) is 0 Å². The van der Waals surface area contributed by atoms with Gasteiger partial charge in [0.2, 0.25) is 5.91 Å². The van der Waals surface area contributed by atoms with Crippen LogP contribution in [0.5, 0.6) is 0 Å². The van der Waals surface area contributed by atoms with Crippen molar-refractivity contribution < 1.29 is 19.4 Å². The van der Waals surface area contributed by atoms with Gasteiger partial charge < -0.3 is 24.8 Å². The van der Waals surface area contributed by atoms with Crippen LogP contribution in [0.4, 0.5) is 0 Å². The summed E-state index contributed by atoms with van der Waals surface area (Å²) in [5.41, 5.74) is 0. The highest BCUT2D eigenvalue weighted by molar-refractivity contribution is 5.83. The fraction of sp³-hybridized carbons (Fsp3) is 0.923. The SMILES string of the molecule is CC(C)OCCOCC(O)CNC1CCN(C)C1=O. The first-order valence-electron chi connectivity index (χ1n) is 6.86. The van der Waals surface area contributed by atoms with E-state index in [1.54, 1.807) is 11.9 Å². The average molecular weight is 274 g/mol. The summed E-state index contributed by atoms with van der Waals surface area (Å²) in [6, 6.07) is -0.163. The summed E-state index contributed by atoms with van der Waals surface area (Å²) < 4.78 is 10.6. The molecule has 1 rings (SSSR count). The smallest absolute Gasteiger partial charge is 0.239 e. The van der Waals surface area contributed by atoms with Gasteiger partial charge in [-0.1, -0.05) is 0 Å². The molecule has 6 heteroatoms. The third-order valence-electron chi connectivity index (χ3n) is 3.02. The van der Waals surface area contributed by atoms with Gasteiger partial charge in [0, 0.05) is 20.1 Å². The molecule has 6 nitrogen and oxygen atoms in total. The summed E-state index contributed by atoms with van der Waals surface area (Å²) in [4.78, 5) is 13.3. The molecule has 1 saturated heterocycles. The Kier molecular flexibility index (Phi) is 7.30. The average Bonchev–Trinajstić information content (AvgIpc) is 2.67. The van der Waals surface area contributed by atoms with Gasteiger partial charge in [-0.3, -0.25) is 4.79 Å². The number of rotatable bonds is 9. The summed E-state index contributed by atoms with van der Waals surface area (Å²) in [7, 11) is 1.79. The summed E-state index contributed by atoms with van der Waals surface area (Å²) in [6.07, 6.45) is 0.392. The van der Waals surface area contributed by atoms with E-state index in [4.69, 9.17) is 9.47 Å². The molecule has 0 spiro atoms. The van der Waals surface area contributed by atoms with Crippen LogP contribution in [0.15, 0.2) is 0 Å². The molecular weight excluding hydrogens is 248 g/mol. The fourth-order valence-corrected chi connectivity index (χ4v) is 1.91. The van der Waals surface area contributed by atoms with Crippen molar-refractivity contribution in [1.29, 1.82) is 0 Å². The Morgan fingerprint density at radius 2 is 2.21 bits per heavy atom. The quantitative estimate of drug-likeness (QED) is 0.560. The van der Waals surface area contributed by atoms with Crippen LogP contribution in [0.2, 0.25) is 0 Å². The maximum Gasteiger partial charge on any atom is 0.239 e. The first-order valence-corrected chi connectivity index (χ1v) is 6.86. The van der Waals surface area contributed by atoms with Gasteiger partial charge in [-0.15, -0.1) is 0 Å². The molecule has 0 radical (unpaired) electrons. The van der Waals surface area contributed by atoms with E-state index >= 15 is 0 Å². The second kappa shape index (κ2) is 8.47. The fourth-order valence-electron chi connectivity index (χ4n) is 1.91. The van der Waals surface area contributed by atoms with Crippen LogP contribution in [0.3, 0.4) is 0 Å². The Hall–Kier alpha value is -0.690. The van der Waals surface area contributed by atoms with Crippen molar-refractivity contribution in [3.8, 4) is 0 Å². The van der Waals surface area contributed by atoms with E-state index in [1.165, 1.54) is 0 Å². The Labute approximate surface area is 115 Å². The van der Waals surface area contributed by atoms with Crippen molar-refractivity contribution in [2.24, 2.45) is 0 Å². The zero-order chi connectivity index (χ0) is 14.3. The minimum atomic E-state index is -0.599. The van der Waals surface area contributed by atoms with E-state index in [9.17, 15) is 9.90 Å². The van der Waals surface area contributed by atoms with Gasteiger partial charge in [-0.2, -0.15) is 0 Å². The van der Waals surface area contributed by atoms with Crippen molar-refractivity contribution in [3.63, 3.8) is 0 Å². The number of carbonyl (C=O) groups excluding carboxylic acids is 1. The monoisotopic (exact) mass is 274 g/mol. The Morgan fingerprint density at radius 3 is 2.79 bits per heavy atom. The van der Waals surface area contributed by atoms with Crippen molar-refractivity contribution >= 4 is 5.91 Å². The number of likely N-dealkylation sites (N-methyl/N-ethyl adjacent to an activating group) is 1. The van der Waals surface area contributed by atoms with Crippen LogP contribution < -0.4 is 5.32 Å². The predicted molar refractivity (Wildman–Crippen MR) is 72.0 cm³/mol. The van der Waals surface area contributed by atoms with Gasteiger partial charge in [-0.05, 0) is 20.3 Å². The molecule has 1 amide bonds. The maximum absolute atomic E-state index is 11.6. The minimum absolute atomic E-state index is 0.0958. The van der Waals surface area contributed by atoms with E-state index in [1.807, 2.05) is 13.8 Å². The topological polar surface area (TPSA) is 71.0 Å². The van der Waals surface area contributed by atoms with Crippen LogP contribution in [-0.4, -0.2) is 74.1 Å². The largest absolute Gasteiger partial charge is 0.389 e. The van der Waals surface area contributed by atoms with Gasteiger partial charge in [0.1, 0.15) is 0 Å². The number of aliphatic hydroxyl groups excluding tert-OH is 1. The second-order valence-corrected chi connectivity index (χ2v) is 5.16. The van der Waals surface area contributed by atoms with Gasteiger partial charge in [0.15, 0.2) is 0 Å².